The van der Waals surface area contributed by atoms with Gasteiger partial charge in [-0.25, -0.2) is 4.99 Å². The maximum atomic E-state index is 12.8. The van der Waals surface area contributed by atoms with Crippen LogP contribution < -0.4 is 15.5 Å². The molecule has 2 aliphatic heterocycles. The second kappa shape index (κ2) is 7.34. The van der Waals surface area contributed by atoms with Crippen molar-refractivity contribution < 1.29 is 4.79 Å². The summed E-state index contributed by atoms with van der Waals surface area (Å²) in [5, 5.41) is 6.26. The zero-order valence-electron chi connectivity index (χ0n) is 17.1. The van der Waals surface area contributed by atoms with Crippen molar-refractivity contribution in [2.45, 2.75) is 26.2 Å². The van der Waals surface area contributed by atoms with Crippen LogP contribution in [0.25, 0.3) is 0 Å². The number of nitrogens with one attached hydrogen (secondary N) is 2. The quantitative estimate of drug-likeness (QED) is 0.804. The molecule has 5 nitrogen and oxygen atoms in total. The second-order valence-corrected chi connectivity index (χ2v) is 7.61. The number of amidine groups is 1. The molecule has 0 aromatic heterocycles. The van der Waals surface area contributed by atoms with Crippen molar-refractivity contribution in [3.05, 3.63) is 101 Å². The molecule has 150 valence electrons. The van der Waals surface area contributed by atoms with Gasteiger partial charge in [-0.15, -0.1) is 0 Å². The third-order valence-corrected chi connectivity index (χ3v) is 5.90. The molecule has 30 heavy (non-hydrogen) atoms. The fourth-order valence-corrected chi connectivity index (χ4v) is 4.34. The highest BCUT2D eigenvalue weighted by molar-refractivity contribution is 6.05. The van der Waals surface area contributed by atoms with Gasteiger partial charge in [0.15, 0.2) is 0 Å². The van der Waals surface area contributed by atoms with E-state index < -0.39 is 0 Å². The molecule has 0 bridgehead atoms. The summed E-state index contributed by atoms with van der Waals surface area (Å²) in [7, 11) is 0. The van der Waals surface area contributed by atoms with Gasteiger partial charge in [0, 0.05) is 40.7 Å². The van der Waals surface area contributed by atoms with E-state index in [4.69, 9.17) is 0 Å². The number of likely N-dealkylation sites (N-methyl/N-ethyl adjacent to an activating group) is 1. The molecular weight excluding hydrogens is 372 g/mol. The summed E-state index contributed by atoms with van der Waals surface area (Å²) in [6.07, 6.45) is 7.06. The van der Waals surface area contributed by atoms with Crippen LogP contribution in [0.1, 0.15) is 47.7 Å². The lowest BCUT2D eigenvalue weighted by atomic mass is 9.91. The maximum absolute atomic E-state index is 12.8. The zero-order valence-corrected chi connectivity index (χ0v) is 17.1. The minimum atomic E-state index is -0.0979. The number of amides is 1. The number of allylic oxidation sites excluding steroid dienone is 4. The predicted molar refractivity (Wildman–Crippen MR) is 120 cm³/mol. The average molecular weight is 396 g/mol. The van der Waals surface area contributed by atoms with Crippen LogP contribution in [0.4, 0.5) is 5.69 Å². The van der Waals surface area contributed by atoms with Crippen molar-refractivity contribution in [1.29, 1.82) is 0 Å². The van der Waals surface area contributed by atoms with Crippen LogP contribution in [0.2, 0.25) is 0 Å². The van der Waals surface area contributed by atoms with Gasteiger partial charge < -0.3 is 15.5 Å². The Morgan fingerprint density at radius 3 is 2.73 bits per heavy atom. The summed E-state index contributed by atoms with van der Waals surface area (Å²) in [5.74, 6) is 1.98. The summed E-state index contributed by atoms with van der Waals surface area (Å²) in [6, 6.07) is 16.1. The molecule has 5 heteroatoms. The van der Waals surface area contributed by atoms with Crippen molar-refractivity contribution in [1.82, 2.24) is 10.6 Å². The Hall–Kier alpha value is -3.60. The summed E-state index contributed by atoms with van der Waals surface area (Å²) in [5.41, 5.74) is 6.39. The fraction of sp³-hybridized carbons (Fsp3) is 0.200. The Bertz CT molecular complexity index is 1120. The monoisotopic (exact) mass is 396 g/mol. The molecule has 0 spiro atoms. The molecule has 1 atom stereocenters. The summed E-state index contributed by atoms with van der Waals surface area (Å²) >= 11 is 0. The number of hydrogen-bond acceptors (Lipinski definition) is 4. The molecule has 2 aromatic carbocycles. The zero-order chi connectivity index (χ0) is 20.7. The van der Waals surface area contributed by atoms with E-state index in [-0.39, 0.29) is 5.91 Å². The first kappa shape index (κ1) is 18.4. The first-order valence-electron chi connectivity index (χ1n) is 10.4. The lowest BCUT2D eigenvalue weighted by Crippen LogP contribution is -2.32. The van der Waals surface area contributed by atoms with Gasteiger partial charge in [-0.3, -0.25) is 4.79 Å². The van der Waals surface area contributed by atoms with Crippen molar-refractivity contribution >= 4 is 17.4 Å². The first-order chi connectivity index (χ1) is 14.7. The molecule has 1 amide bonds. The van der Waals surface area contributed by atoms with E-state index in [1.165, 1.54) is 16.9 Å². The highest BCUT2D eigenvalue weighted by Crippen LogP contribution is 2.47. The molecule has 0 saturated carbocycles. The SMILES string of the molecule is C/C=C1\N=C(c2ccc(C(=O)NC3=CCC4C(=C3)N(CC)c3ccccc34)cc2)N1. The van der Waals surface area contributed by atoms with E-state index in [1.54, 1.807) is 0 Å². The van der Waals surface area contributed by atoms with Crippen molar-refractivity contribution in [3.8, 4) is 0 Å². The lowest BCUT2D eigenvalue weighted by Gasteiger charge is -2.24. The Morgan fingerprint density at radius 1 is 1.23 bits per heavy atom. The van der Waals surface area contributed by atoms with Crippen LogP contribution in [-0.4, -0.2) is 18.3 Å². The normalized spacial score (nSPS) is 20.3. The van der Waals surface area contributed by atoms with Crippen LogP contribution in [0.15, 0.2) is 89.0 Å². The van der Waals surface area contributed by atoms with E-state index in [1.807, 2.05) is 37.3 Å². The predicted octanol–water partition coefficient (Wildman–Crippen LogP) is 4.42. The minimum absolute atomic E-state index is 0.0979. The molecule has 2 heterocycles. The smallest absolute Gasteiger partial charge is 0.255 e. The topological polar surface area (TPSA) is 56.7 Å². The number of hydrogen-bond donors (Lipinski definition) is 2. The number of anilines is 1. The van der Waals surface area contributed by atoms with Gasteiger partial charge in [0.1, 0.15) is 11.7 Å². The van der Waals surface area contributed by atoms with Crippen LogP contribution in [0.5, 0.6) is 0 Å². The Kier molecular flexibility index (Phi) is 4.51. The van der Waals surface area contributed by atoms with Crippen LogP contribution >= 0.6 is 0 Å². The van der Waals surface area contributed by atoms with Gasteiger partial charge >= 0.3 is 0 Å². The summed E-state index contributed by atoms with van der Waals surface area (Å²) in [6.45, 7) is 5.02. The maximum Gasteiger partial charge on any atom is 0.255 e. The number of carbonyl (C=O) groups excluding carboxylic acids is 1. The summed E-state index contributed by atoms with van der Waals surface area (Å²) in [4.78, 5) is 19.5. The van der Waals surface area contributed by atoms with Gasteiger partial charge in [0.2, 0.25) is 0 Å². The van der Waals surface area contributed by atoms with Crippen molar-refractivity contribution in [2.75, 3.05) is 11.4 Å². The lowest BCUT2D eigenvalue weighted by molar-refractivity contribution is 0.0967. The van der Waals surface area contributed by atoms with E-state index in [0.29, 0.717) is 11.5 Å². The molecule has 0 saturated heterocycles. The van der Waals surface area contributed by atoms with Gasteiger partial charge in [-0.05, 0) is 56.2 Å². The highest BCUT2D eigenvalue weighted by Gasteiger charge is 2.33. The van der Waals surface area contributed by atoms with E-state index in [0.717, 1.165) is 35.9 Å². The number of carbonyl (C=O) groups is 1. The standard InChI is InChI=1S/C25H24N4O/c1-3-23-27-24(28-23)16-9-11-17(12-10-16)25(30)26-18-13-14-20-19-7-5-6-8-21(19)29(4-2)22(20)15-18/h3,5-13,15,20H,4,14H2,1-2H3,(H,26,30)(H,27,28). The van der Waals surface area contributed by atoms with Crippen LogP contribution in [0.3, 0.4) is 0 Å². The van der Waals surface area contributed by atoms with Crippen molar-refractivity contribution in [2.24, 2.45) is 4.99 Å². The first-order valence-corrected chi connectivity index (χ1v) is 10.4. The number of aliphatic imine (C=N–C) groups is 1. The molecular formula is C25H24N4O. The molecule has 1 aliphatic carbocycles. The van der Waals surface area contributed by atoms with Gasteiger partial charge in [0.25, 0.3) is 5.91 Å². The fourth-order valence-electron chi connectivity index (χ4n) is 4.34. The van der Waals surface area contributed by atoms with Gasteiger partial charge in [-0.2, -0.15) is 0 Å². The van der Waals surface area contributed by atoms with Gasteiger partial charge in [0.05, 0.1) is 0 Å². The third-order valence-electron chi connectivity index (χ3n) is 5.90. The van der Waals surface area contributed by atoms with Crippen LogP contribution in [0, 0.1) is 0 Å². The van der Waals surface area contributed by atoms with Crippen molar-refractivity contribution in [3.63, 3.8) is 0 Å². The molecule has 2 aromatic rings. The molecule has 0 radical (unpaired) electrons. The Balaban J connectivity index is 1.31. The number of nitrogens with zero attached hydrogens (tertiary/aromatic N) is 2. The molecule has 1 unspecified atom stereocenters. The highest BCUT2D eigenvalue weighted by atomic mass is 16.1. The summed E-state index contributed by atoms with van der Waals surface area (Å²) < 4.78 is 0. The second-order valence-electron chi connectivity index (χ2n) is 7.61. The van der Waals surface area contributed by atoms with E-state index >= 15 is 0 Å². The third kappa shape index (κ3) is 3.03. The molecule has 3 aliphatic rings. The number of benzene rings is 2. The largest absolute Gasteiger partial charge is 0.344 e. The van der Waals surface area contributed by atoms with Crippen LogP contribution in [-0.2, 0) is 0 Å². The number of fused-ring (bicyclic) bond motifs is 3. The van der Waals surface area contributed by atoms with E-state index in [2.05, 4.69) is 63.9 Å². The Labute approximate surface area is 176 Å². The number of para-hydroxylation sites is 1. The number of rotatable bonds is 4. The van der Waals surface area contributed by atoms with Gasteiger partial charge in [-0.1, -0.05) is 36.4 Å². The average Bonchev–Trinajstić information content (AvgIpc) is 3.06. The molecule has 5 rings (SSSR count). The molecule has 0 fully saturated rings. The minimum Gasteiger partial charge on any atom is -0.344 e. The Morgan fingerprint density at radius 2 is 2.00 bits per heavy atom. The molecule has 2 N–H and O–H groups in total. The van der Waals surface area contributed by atoms with E-state index in [9.17, 15) is 4.79 Å².